The van der Waals surface area contributed by atoms with Crippen LogP contribution >= 0.6 is 23.2 Å². The van der Waals surface area contributed by atoms with Crippen molar-refractivity contribution in [3.05, 3.63) is 99.2 Å². The Hall–Kier alpha value is -3.61. The molecule has 0 atom stereocenters. The summed E-state index contributed by atoms with van der Waals surface area (Å²) in [7, 11) is 0. The molecule has 0 bridgehead atoms. The van der Waals surface area contributed by atoms with Crippen molar-refractivity contribution in [2.45, 2.75) is 39.5 Å². The largest absolute Gasteiger partial charge is 0.350 e. The van der Waals surface area contributed by atoms with Gasteiger partial charge in [-0.05, 0) is 72.9 Å². The molecule has 3 aromatic carbocycles. The zero-order valence-electron chi connectivity index (χ0n) is 20.6. The second-order valence-corrected chi connectivity index (χ2v) is 9.65. The van der Waals surface area contributed by atoms with E-state index in [2.05, 4.69) is 17.6 Å². The van der Waals surface area contributed by atoms with Crippen LogP contribution in [0.1, 0.15) is 36.5 Å². The first-order valence-corrected chi connectivity index (χ1v) is 12.8. The third kappa shape index (κ3) is 6.04. The summed E-state index contributed by atoms with van der Waals surface area (Å²) in [5.41, 5.74) is 4.35. The molecule has 0 aromatic heterocycles. The molecule has 37 heavy (non-hydrogen) atoms. The summed E-state index contributed by atoms with van der Waals surface area (Å²) >= 11 is 12.4. The van der Waals surface area contributed by atoms with Gasteiger partial charge >= 0.3 is 0 Å². The molecule has 0 unspecified atom stereocenters. The molecule has 0 fully saturated rings. The van der Waals surface area contributed by atoms with Gasteiger partial charge in [0.2, 0.25) is 5.91 Å². The SMILES string of the molecule is CCCCc1ccc(NC(=O)Cc2ccc(NC3=C(Cl)C(=O)N(c4cccc(Cl)c4C)C3=O)cc2)cc1. The highest BCUT2D eigenvalue weighted by atomic mass is 35.5. The van der Waals surface area contributed by atoms with E-state index in [0.717, 1.165) is 35.4 Å². The van der Waals surface area contributed by atoms with E-state index in [0.29, 0.717) is 22.0 Å². The molecule has 3 amide bonds. The highest BCUT2D eigenvalue weighted by Crippen LogP contribution is 2.34. The maximum atomic E-state index is 13.1. The van der Waals surface area contributed by atoms with Crippen molar-refractivity contribution in [2.75, 3.05) is 15.5 Å². The number of aryl methyl sites for hydroxylation is 1. The van der Waals surface area contributed by atoms with E-state index in [-0.39, 0.29) is 23.1 Å². The highest BCUT2D eigenvalue weighted by Gasteiger charge is 2.39. The van der Waals surface area contributed by atoms with Crippen molar-refractivity contribution in [2.24, 2.45) is 0 Å². The van der Waals surface area contributed by atoms with Gasteiger partial charge in [0.25, 0.3) is 11.8 Å². The molecule has 2 N–H and O–H groups in total. The summed E-state index contributed by atoms with van der Waals surface area (Å²) in [6.45, 7) is 3.89. The number of carbonyl (C=O) groups is 3. The Morgan fingerprint density at radius 3 is 2.19 bits per heavy atom. The van der Waals surface area contributed by atoms with Crippen molar-refractivity contribution in [1.29, 1.82) is 0 Å². The molecule has 3 aromatic rings. The number of anilines is 3. The zero-order chi connectivity index (χ0) is 26.5. The summed E-state index contributed by atoms with van der Waals surface area (Å²) in [5.74, 6) is -1.31. The molecule has 1 aliphatic rings. The minimum Gasteiger partial charge on any atom is -0.350 e. The van der Waals surface area contributed by atoms with Crippen LogP contribution in [-0.2, 0) is 27.2 Å². The molecule has 0 radical (unpaired) electrons. The number of amides is 3. The topological polar surface area (TPSA) is 78.5 Å². The van der Waals surface area contributed by atoms with Gasteiger partial charge in [0.05, 0.1) is 12.1 Å². The first-order valence-electron chi connectivity index (χ1n) is 12.1. The van der Waals surface area contributed by atoms with E-state index >= 15 is 0 Å². The van der Waals surface area contributed by atoms with Gasteiger partial charge in [0, 0.05) is 16.4 Å². The minimum absolute atomic E-state index is 0.0149. The van der Waals surface area contributed by atoms with E-state index in [1.54, 1.807) is 49.4 Å². The van der Waals surface area contributed by atoms with Crippen LogP contribution in [0.25, 0.3) is 0 Å². The minimum atomic E-state index is -0.619. The average Bonchev–Trinajstić information content (AvgIpc) is 3.09. The number of halogens is 2. The zero-order valence-corrected chi connectivity index (χ0v) is 22.1. The van der Waals surface area contributed by atoms with Gasteiger partial charge in [-0.3, -0.25) is 14.4 Å². The molecule has 0 saturated heterocycles. The number of unbranched alkanes of at least 4 members (excludes halogenated alkanes) is 1. The molecular formula is C29H27Cl2N3O3. The second-order valence-electron chi connectivity index (χ2n) is 8.87. The van der Waals surface area contributed by atoms with E-state index < -0.39 is 11.8 Å². The van der Waals surface area contributed by atoms with Crippen molar-refractivity contribution in [3.8, 4) is 0 Å². The summed E-state index contributed by atoms with van der Waals surface area (Å²) in [4.78, 5) is 39.3. The predicted molar refractivity (Wildman–Crippen MR) is 149 cm³/mol. The number of hydrogen-bond acceptors (Lipinski definition) is 4. The Kier molecular flexibility index (Phi) is 8.31. The number of nitrogens with zero attached hydrogens (tertiary/aromatic N) is 1. The van der Waals surface area contributed by atoms with Crippen LogP contribution in [0.3, 0.4) is 0 Å². The molecule has 0 saturated carbocycles. The second kappa shape index (κ2) is 11.6. The van der Waals surface area contributed by atoms with Gasteiger partial charge in [-0.25, -0.2) is 4.90 Å². The van der Waals surface area contributed by atoms with Crippen molar-refractivity contribution in [3.63, 3.8) is 0 Å². The Bertz CT molecular complexity index is 1370. The average molecular weight is 536 g/mol. The number of nitrogens with one attached hydrogen (secondary N) is 2. The number of carbonyl (C=O) groups excluding carboxylic acids is 3. The van der Waals surface area contributed by atoms with E-state index in [1.807, 2.05) is 24.3 Å². The number of benzene rings is 3. The van der Waals surface area contributed by atoms with Crippen LogP contribution in [-0.4, -0.2) is 17.7 Å². The number of imide groups is 1. The van der Waals surface area contributed by atoms with Gasteiger partial charge in [0.1, 0.15) is 10.7 Å². The van der Waals surface area contributed by atoms with Crippen LogP contribution in [0.5, 0.6) is 0 Å². The predicted octanol–water partition coefficient (Wildman–Crippen LogP) is 6.61. The van der Waals surface area contributed by atoms with Crippen LogP contribution in [0.15, 0.2) is 77.5 Å². The Labute approximate surface area is 226 Å². The lowest BCUT2D eigenvalue weighted by atomic mass is 10.1. The van der Waals surface area contributed by atoms with E-state index in [1.165, 1.54) is 5.56 Å². The lowest BCUT2D eigenvalue weighted by Crippen LogP contribution is -2.32. The highest BCUT2D eigenvalue weighted by molar-refractivity contribution is 6.53. The van der Waals surface area contributed by atoms with Crippen LogP contribution in [0.4, 0.5) is 17.1 Å². The van der Waals surface area contributed by atoms with Gasteiger partial charge in [0.15, 0.2) is 0 Å². The fourth-order valence-corrected chi connectivity index (χ4v) is 4.43. The van der Waals surface area contributed by atoms with E-state index in [4.69, 9.17) is 23.2 Å². The fraction of sp³-hybridized carbons (Fsp3) is 0.207. The first-order chi connectivity index (χ1) is 17.8. The molecule has 4 rings (SSSR count). The quantitative estimate of drug-likeness (QED) is 0.302. The molecular weight excluding hydrogens is 509 g/mol. The fourth-order valence-electron chi connectivity index (χ4n) is 4.04. The molecule has 8 heteroatoms. The Morgan fingerprint density at radius 2 is 1.51 bits per heavy atom. The smallest absolute Gasteiger partial charge is 0.283 e. The Balaban J connectivity index is 1.38. The van der Waals surface area contributed by atoms with Gasteiger partial charge in [-0.1, -0.05) is 66.9 Å². The molecule has 0 spiro atoms. The van der Waals surface area contributed by atoms with Gasteiger partial charge in [-0.2, -0.15) is 0 Å². The molecule has 6 nitrogen and oxygen atoms in total. The van der Waals surface area contributed by atoms with Crippen LogP contribution < -0.4 is 15.5 Å². The van der Waals surface area contributed by atoms with Crippen molar-refractivity contribution in [1.82, 2.24) is 0 Å². The standard InChI is InChI=1S/C29H27Cl2N3O3/c1-3-4-6-19-9-13-21(14-10-19)32-25(35)17-20-11-15-22(16-12-20)33-27-26(31)28(36)34(29(27)37)24-8-5-7-23(30)18(24)2/h5,7-16,33H,3-4,6,17H2,1-2H3,(H,32,35). The summed E-state index contributed by atoms with van der Waals surface area (Å²) < 4.78 is 0. The van der Waals surface area contributed by atoms with Gasteiger partial charge in [-0.15, -0.1) is 0 Å². The van der Waals surface area contributed by atoms with Crippen LogP contribution in [0.2, 0.25) is 5.02 Å². The number of hydrogen-bond donors (Lipinski definition) is 2. The maximum Gasteiger partial charge on any atom is 0.283 e. The lowest BCUT2D eigenvalue weighted by Gasteiger charge is -2.18. The molecule has 1 aliphatic heterocycles. The molecule has 1 heterocycles. The Morgan fingerprint density at radius 1 is 0.865 bits per heavy atom. The van der Waals surface area contributed by atoms with Crippen LogP contribution in [0, 0.1) is 6.92 Å². The normalized spacial score (nSPS) is 13.4. The summed E-state index contributed by atoms with van der Waals surface area (Å²) in [5, 5.41) is 6.11. The molecule has 190 valence electrons. The van der Waals surface area contributed by atoms with Crippen molar-refractivity contribution >= 4 is 58.0 Å². The van der Waals surface area contributed by atoms with E-state index in [9.17, 15) is 14.4 Å². The van der Waals surface area contributed by atoms with Crippen molar-refractivity contribution < 1.29 is 14.4 Å². The summed E-state index contributed by atoms with van der Waals surface area (Å²) in [6, 6.07) is 19.9. The van der Waals surface area contributed by atoms with Gasteiger partial charge < -0.3 is 10.6 Å². The lowest BCUT2D eigenvalue weighted by molar-refractivity contribution is -0.120. The monoisotopic (exact) mass is 535 g/mol. The first kappa shape index (κ1) is 26.5. The number of rotatable bonds is 9. The summed E-state index contributed by atoms with van der Waals surface area (Å²) in [6.07, 6.45) is 3.52. The third-order valence-corrected chi connectivity index (χ3v) is 6.91. The molecule has 0 aliphatic carbocycles. The third-order valence-electron chi connectivity index (χ3n) is 6.15. The maximum absolute atomic E-state index is 13.1.